The van der Waals surface area contributed by atoms with Crippen molar-refractivity contribution in [3.05, 3.63) is 68.7 Å². The van der Waals surface area contributed by atoms with Crippen molar-refractivity contribution in [3.63, 3.8) is 0 Å². The summed E-state index contributed by atoms with van der Waals surface area (Å²) in [5, 5.41) is 4.10. The molecule has 2 amide bonds. The van der Waals surface area contributed by atoms with Crippen molar-refractivity contribution in [2.24, 2.45) is 0 Å². The van der Waals surface area contributed by atoms with Crippen LogP contribution in [-0.2, 0) is 22.6 Å². The van der Waals surface area contributed by atoms with E-state index in [-0.39, 0.29) is 24.8 Å². The van der Waals surface area contributed by atoms with Gasteiger partial charge in [0.25, 0.3) is 0 Å². The Morgan fingerprint density at radius 2 is 1.74 bits per heavy atom. The Balaban J connectivity index is 2.34. The zero-order chi connectivity index (χ0) is 20.0. The lowest BCUT2D eigenvalue weighted by Gasteiger charge is -2.30. The van der Waals surface area contributed by atoms with Crippen LogP contribution in [0.3, 0.4) is 0 Å². The number of rotatable bonds is 7. The first-order chi connectivity index (χ1) is 12.9. The highest BCUT2D eigenvalue weighted by Crippen LogP contribution is 2.25. The zero-order valence-corrected chi connectivity index (χ0v) is 17.4. The van der Waals surface area contributed by atoms with Crippen molar-refractivity contribution in [1.82, 2.24) is 10.2 Å². The molecule has 0 spiro atoms. The number of halogens is 3. The predicted molar refractivity (Wildman–Crippen MR) is 110 cm³/mol. The van der Waals surface area contributed by atoms with Crippen LogP contribution in [0.5, 0.6) is 0 Å². The van der Waals surface area contributed by atoms with Crippen LogP contribution in [0.1, 0.15) is 24.5 Å². The topological polar surface area (TPSA) is 49.4 Å². The second kappa shape index (κ2) is 9.98. The van der Waals surface area contributed by atoms with Crippen molar-refractivity contribution in [2.75, 3.05) is 7.05 Å². The maximum absolute atomic E-state index is 13.1. The van der Waals surface area contributed by atoms with Gasteiger partial charge in [0.2, 0.25) is 11.8 Å². The number of hydrogen-bond donors (Lipinski definition) is 1. The van der Waals surface area contributed by atoms with Crippen molar-refractivity contribution in [2.45, 2.75) is 32.4 Å². The number of likely N-dealkylation sites (N-methyl/N-ethyl adjacent to an activating group) is 1. The molecule has 0 radical (unpaired) electrons. The van der Waals surface area contributed by atoms with E-state index >= 15 is 0 Å². The highest BCUT2D eigenvalue weighted by Gasteiger charge is 2.28. The minimum absolute atomic E-state index is 0.0956. The monoisotopic (exact) mass is 426 g/mol. The van der Waals surface area contributed by atoms with Gasteiger partial charge in [0.05, 0.1) is 6.42 Å². The average molecular weight is 428 g/mol. The van der Waals surface area contributed by atoms with Gasteiger partial charge >= 0.3 is 0 Å². The first-order valence-electron chi connectivity index (χ1n) is 8.55. The van der Waals surface area contributed by atoms with E-state index in [4.69, 9.17) is 34.8 Å². The molecule has 1 N–H and O–H groups in total. The Labute approximate surface area is 174 Å². The summed E-state index contributed by atoms with van der Waals surface area (Å²) in [6.07, 6.45) is 0.567. The van der Waals surface area contributed by atoms with Crippen LogP contribution in [0.15, 0.2) is 42.5 Å². The van der Waals surface area contributed by atoms with Gasteiger partial charge in [0.15, 0.2) is 0 Å². The first-order valence-corrected chi connectivity index (χ1v) is 9.69. The third kappa shape index (κ3) is 5.61. The van der Waals surface area contributed by atoms with Gasteiger partial charge in [0, 0.05) is 28.7 Å². The van der Waals surface area contributed by atoms with E-state index in [1.165, 1.54) is 4.90 Å². The SMILES string of the molecule is CC[C@@H](C(=O)NC)N(Cc1ccc(Cl)cc1Cl)C(=O)Cc1ccccc1Cl. The third-order valence-electron chi connectivity index (χ3n) is 4.29. The largest absolute Gasteiger partial charge is 0.357 e. The standard InChI is InChI=1S/C20H21Cl3N2O2/c1-3-18(20(27)24-2)25(12-14-8-9-15(21)11-17(14)23)19(26)10-13-6-4-5-7-16(13)22/h4-9,11,18H,3,10,12H2,1-2H3,(H,24,27)/t18-/m0/s1. The van der Waals surface area contributed by atoms with E-state index in [2.05, 4.69) is 5.32 Å². The molecule has 2 aromatic carbocycles. The molecule has 0 fully saturated rings. The minimum Gasteiger partial charge on any atom is -0.357 e. The summed E-state index contributed by atoms with van der Waals surface area (Å²) in [7, 11) is 1.55. The maximum Gasteiger partial charge on any atom is 0.242 e. The molecule has 0 unspecified atom stereocenters. The molecular weight excluding hydrogens is 407 g/mol. The van der Waals surface area contributed by atoms with Crippen molar-refractivity contribution in [3.8, 4) is 0 Å². The maximum atomic E-state index is 13.1. The second-order valence-corrected chi connectivity index (χ2v) is 7.31. The summed E-state index contributed by atoms with van der Waals surface area (Å²) >= 11 is 18.4. The molecule has 4 nitrogen and oxygen atoms in total. The first kappa shape index (κ1) is 21.5. The lowest BCUT2D eigenvalue weighted by Crippen LogP contribution is -2.48. The summed E-state index contributed by atoms with van der Waals surface area (Å²) in [4.78, 5) is 27.0. The van der Waals surface area contributed by atoms with Gasteiger partial charge in [-0.05, 0) is 35.7 Å². The van der Waals surface area contributed by atoms with Gasteiger partial charge in [-0.3, -0.25) is 9.59 Å². The van der Waals surface area contributed by atoms with Crippen LogP contribution < -0.4 is 5.32 Å². The fraction of sp³-hybridized carbons (Fsp3) is 0.300. The number of amides is 2. The molecule has 0 bridgehead atoms. The van der Waals surface area contributed by atoms with Crippen LogP contribution in [0.4, 0.5) is 0 Å². The van der Waals surface area contributed by atoms with Crippen molar-refractivity contribution >= 4 is 46.6 Å². The number of benzene rings is 2. The van der Waals surface area contributed by atoms with Crippen LogP contribution in [-0.4, -0.2) is 29.8 Å². The van der Waals surface area contributed by atoms with E-state index in [1.807, 2.05) is 13.0 Å². The molecule has 7 heteroatoms. The van der Waals surface area contributed by atoms with Gasteiger partial charge in [-0.15, -0.1) is 0 Å². The number of nitrogens with zero attached hydrogens (tertiary/aromatic N) is 1. The van der Waals surface area contributed by atoms with Gasteiger partial charge in [-0.1, -0.05) is 66.0 Å². The van der Waals surface area contributed by atoms with E-state index in [1.54, 1.807) is 43.4 Å². The minimum atomic E-state index is -0.614. The molecule has 0 saturated carbocycles. The highest BCUT2D eigenvalue weighted by atomic mass is 35.5. The molecule has 0 aliphatic heterocycles. The van der Waals surface area contributed by atoms with Gasteiger partial charge in [-0.25, -0.2) is 0 Å². The van der Waals surface area contributed by atoms with Gasteiger partial charge in [0.1, 0.15) is 6.04 Å². The Hall–Kier alpha value is -1.75. The molecule has 144 valence electrons. The third-order valence-corrected chi connectivity index (χ3v) is 5.24. The number of hydrogen-bond acceptors (Lipinski definition) is 2. The smallest absolute Gasteiger partial charge is 0.242 e. The van der Waals surface area contributed by atoms with E-state index < -0.39 is 6.04 Å². The van der Waals surface area contributed by atoms with E-state index in [9.17, 15) is 9.59 Å². The molecule has 27 heavy (non-hydrogen) atoms. The summed E-state index contributed by atoms with van der Waals surface area (Å²) in [5.41, 5.74) is 1.43. The van der Waals surface area contributed by atoms with E-state index in [0.717, 1.165) is 5.56 Å². The second-order valence-electron chi connectivity index (χ2n) is 6.06. The molecule has 0 heterocycles. The van der Waals surface area contributed by atoms with E-state index in [0.29, 0.717) is 27.1 Å². The fourth-order valence-corrected chi connectivity index (χ4v) is 3.50. The van der Waals surface area contributed by atoms with Crippen molar-refractivity contribution in [1.29, 1.82) is 0 Å². The van der Waals surface area contributed by atoms with Crippen LogP contribution in [0.25, 0.3) is 0 Å². The van der Waals surface area contributed by atoms with Crippen LogP contribution >= 0.6 is 34.8 Å². The fourth-order valence-electron chi connectivity index (χ4n) is 2.83. The molecule has 2 aromatic rings. The highest BCUT2D eigenvalue weighted by molar-refractivity contribution is 6.35. The quantitative estimate of drug-likeness (QED) is 0.693. The van der Waals surface area contributed by atoms with Crippen LogP contribution in [0.2, 0.25) is 15.1 Å². The number of nitrogens with one attached hydrogen (secondary N) is 1. The lowest BCUT2D eigenvalue weighted by molar-refractivity contribution is -0.140. The summed E-state index contributed by atoms with van der Waals surface area (Å²) < 4.78 is 0. The van der Waals surface area contributed by atoms with Crippen LogP contribution in [0, 0.1) is 0 Å². The molecule has 0 aliphatic carbocycles. The summed E-state index contributed by atoms with van der Waals surface area (Å²) in [5.74, 6) is -0.431. The molecular formula is C20H21Cl3N2O2. The Kier molecular flexibility index (Phi) is 7.96. The average Bonchev–Trinajstić information content (AvgIpc) is 2.64. The normalized spacial score (nSPS) is 11.7. The molecule has 0 aliphatic rings. The molecule has 2 rings (SSSR count). The Morgan fingerprint density at radius 1 is 1.04 bits per heavy atom. The lowest BCUT2D eigenvalue weighted by atomic mass is 10.1. The Bertz CT molecular complexity index is 827. The summed E-state index contributed by atoms with van der Waals surface area (Å²) in [6, 6.07) is 11.6. The van der Waals surface area contributed by atoms with Gasteiger partial charge in [-0.2, -0.15) is 0 Å². The number of carbonyl (C=O) groups excluding carboxylic acids is 2. The van der Waals surface area contributed by atoms with Crippen molar-refractivity contribution < 1.29 is 9.59 Å². The molecule has 0 saturated heterocycles. The molecule has 0 aromatic heterocycles. The molecule has 1 atom stereocenters. The Morgan fingerprint density at radius 3 is 2.33 bits per heavy atom. The number of carbonyl (C=O) groups is 2. The zero-order valence-electron chi connectivity index (χ0n) is 15.1. The summed E-state index contributed by atoms with van der Waals surface area (Å²) in [6.45, 7) is 2.06. The predicted octanol–water partition coefficient (Wildman–Crippen LogP) is 4.74. The van der Waals surface area contributed by atoms with Gasteiger partial charge < -0.3 is 10.2 Å².